The Labute approximate surface area is 298 Å². The molecule has 0 atom stereocenters. The van der Waals surface area contributed by atoms with E-state index in [1.54, 1.807) is 0 Å². The molecule has 0 bridgehead atoms. The van der Waals surface area contributed by atoms with E-state index >= 15 is 0 Å². The van der Waals surface area contributed by atoms with E-state index in [1.165, 1.54) is 66.1 Å². The van der Waals surface area contributed by atoms with Crippen molar-refractivity contribution in [3.63, 3.8) is 0 Å². The predicted molar refractivity (Wildman–Crippen MR) is 217 cm³/mol. The summed E-state index contributed by atoms with van der Waals surface area (Å²) in [5.74, 6) is 0. The minimum Gasteiger partial charge on any atom is -0.454 e. The first-order chi connectivity index (χ1) is 24.8. The molecule has 0 saturated heterocycles. The number of hydrogen-bond donors (Lipinski definition) is 0. The number of furan rings is 1. The highest BCUT2D eigenvalue weighted by atomic mass is 16.3. The molecule has 1 aromatic heterocycles. The van der Waals surface area contributed by atoms with E-state index in [0.717, 1.165) is 39.0 Å². The maximum atomic E-state index is 6.56. The van der Waals surface area contributed by atoms with Crippen molar-refractivity contribution in [3.05, 3.63) is 163 Å². The van der Waals surface area contributed by atoms with Crippen LogP contribution in [0.15, 0.2) is 156 Å². The lowest BCUT2D eigenvalue weighted by molar-refractivity contribution is 0.590. The van der Waals surface area contributed by atoms with Gasteiger partial charge in [-0.05, 0) is 139 Å². The minimum atomic E-state index is 0.147. The molecule has 1 heterocycles. The molecule has 0 fully saturated rings. The molecule has 10 rings (SSSR count). The molecular weight excluding hydrogens is 619 g/mol. The molecule has 0 N–H and O–H groups in total. The van der Waals surface area contributed by atoms with Crippen molar-refractivity contribution in [1.29, 1.82) is 0 Å². The summed E-state index contributed by atoms with van der Waals surface area (Å²) in [7, 11) is 0. The van der Waals surface area contributed by atoms with Gasteiger partial charge in [-0.15, -0.1) is 0 Å². The van der Waals surface area contributed by atoms with E-state index in [2.05, 4.69) is 178 Å². The van der Waals surface area contributed by atoms with Gasteiger partial charge in [0.2, 0.25) is 0 Å². The van der Waals surface area contributed by atoms with Crippen molar-refractivity contribution in [2.45, 2.75) is 33.1 Å². The van der Waals surface area contributed by atoms with Crippen LogP contribution in [0.2, 0.25) is 0 Å². The smallest absolute Gasteiger partial charge is 0.159 e. The van der Waals surface area contributed by atoms with Crippen molar-refractivity contribution in [2.24, 2.45) is 0 Å². The van der Waals surface area contributed by atoms with Gasteiger partial charge in [0.1, 0.15) is 5.58 Å². The summed E-state index contributed by atoms with van der Waals surface area (Å²) >= 11 is 0. The highest BCUT2D eigenvalue weighted by Gasteiger charge is 2.25. The maximum Gasteiger partial charge on any atom is 0.159 e. The van der Waals surface area contributed by atoms with Crippen LogP contribution in [0, 0.1) is 6.92 Å². The molecule has 2 heteroatoms. The summed E-state index contributed by atoms with van der Waals surface area (Å²) in [4.78, 5) is 2.36. The topological polar surface area (TPSA) is 16.4 Å². The SMILES string of the molecule is Cc1ccccc1N(c1ccc2cc3c(cc2c1)-c1cc2ccc(-c4ccc(C(C)(C)C)cc4)cc2cc1-3)c1cccc2c1oc1ccccc12. The Bertz CT molecular complexity index is 2850. The first-order valence-corrected chi connectivity index (χ1v) is 17.8. The number of fused-ring (bicyclic) bond motifs is 9. The van der Waals surface area contributed by atoms with Gasteiger partial charge in [-0.1, -0.05) is 112 Å². The van der Waals surface area contributed by atoms with Gasteiger partial charge in [-0.25, -0.2) is 0 Å². The highest BCUT2D eigenvalue weighted by molar-refractivity contribution is 6.13. The number of aryl methyl sites for hydroxylation is 1. The lowest BCUT2D eigenvalue weighted by atomic mass is 9.77. The molecular formula is C49H37NO. The molecule has 244 valence electrons. The molecule has 1 aliphatic rings. The van der Waals surface area contributed by atoms with Crippen molar-refractivity contribution >= 4 is 60.5 Å². The van der Waals surface area contributed by atoms with Gasteiger partial charge in [0, 0.05) is 22.1 Å². The average Bonchev–Trinajstić information content (AvgIpc) is 3.53. The van der Waals surface area contributed by atoms with E-state index in [1.807, 2.05) is 6.07 Å². The Morgan fingerprint density at radius 1 is 0.471 bits per heavy atom. The lowest BCUT2D eigenvalue weighted by Gasteiger charge is -2.28. The van der Waals surface area contributed by atoms with Gasteiger partial charge in [0.25, 0.3) is 0 Å². The molecule has 0 spiro atoms. The van der Waals surface area contributed by atoms with Crippen LogP contribution in [0.4, 0.5) is 17.1 Å². The van der Waals surface area contributed by atoms with Gasteiger partial charge in [-0.2, -0.15) is 0 Å². The summed E-state index contributed by atoms with van der Waals surface area (Å²) in [6.07, 6.45) is 0. The Hall–Kier alpha value is -6.12. The molecule has 9 aromatic rings. The average molecular weight is 656 g/mol. The Balaban J connectivity index is 1.06. The minimum absolute atomic E-state index is 0.147. The van der Waals surface area contributed by atoms with Crippen LogP contribution in [0.3, 0.4) is 0 Å². The third-order valence-electron chi connectivity index (χ3n) is 10.8. The molecule has 0 amide bonds. The number of hydrogen-bond acceptors (Lipinski definition) is 2. The van der Waals surface area contributed by atoms with Gasteiger partial charge in [0.15, 0.2) is 5.58 Å². The van der Waals surface area contributed by atoms with E-state index in [-0.39, 0.29) is 5.41 Å². The summed E-state index contributed by atoms with van der Waals surface area (Å²) < 4.78 is 6.56. The van der Waals surface area contributed by atoms with Crippen molar-refractivity contribution < 1.29 is 4.42 Å². The summed E-state index contributed by atoms with van der Waals surface area (Å²) in [6, 6.07) is 55.7. The van der Waals surface area contributed by atoms with Gasteiger partial charge < -0.3 is 9.32 Å². The Kier molecular flexibility index (Phi) is 6.38. The predicted octanol–water partition coefficient (Wildman–Crippen LogP) is 14.3. The molecule has 1 aliphatic carbocycles. The van der Waals surface area contributed by atoms with Crippen LogP contribution < -0.4 is 4.90 Å². The first-order valence-electron chi connectivity index (χ1n) is 17.8. The zero-order valence-corrected chi connectivity index (χ0v) is 29.3. The molecule has 8 aromatic carbocycles. The third kappa shape index (κ3) is 4.71. The van der Waals surface area contributed by atoms with Crippen LogP contribution >= 0.6 is 0 Å². The zero-order chi connectivity index (χ0) is 34.4. The second-order valence-electron chi connectivity index (χ2n) is 15.1. The third-order valence-corrected chi connectivity index (χ3v) is 10.8. The fourth-order valence-corrected chi connectivity index (χ4v) is 8.02. The largest absolute Gasteiger partial charge is 0.454 e. The second-order valence-corrected chi connectivity index (χ2v) is 15.1. The molecule has 0 unspecified atom stereocenters. The standard InChI is InChI=1S/C49H37NO/c1-30-10-5-7-13-45(30)50(46-14-9-12-40-39-11-6-8-15-47(39)51-48(40)46)38-23-20-34-27-42-43-28-35-24-32(31-18-21-37(22-19-31)49(2,3)4)16-17-33(35)26-41(43)44(42)29-36(34)25-38/h5-29H,1-4H3. The molecule has 2 nitrogen and oxygen atoms in total. The summed E-state index contributed by atoms with van der Waals surface area (Å²) in [6.45, 7) is 8.97. The first kappa shape index (κ1) is 29.8. The fraction of sp³-hybridized carbons (Fsp3) is 0.102. The van der Waals surface area contributed by atoms with Gasteiger partial charge in [-0.3, -0.25) is 0 Å². The zero-order valence-electron chi connectivity index (χ0n) is 29.3. The van der Waals surface area contributed by atoms with Crippen molar-refractivity contribution in [1.82, 2.24) is 0 Å². The molecule has 0 radical (unpaired) electrons. The van der Waals surface area contributed by atoms with Crippen molar-refractivity contribution in [3.8, 4) is 33.4 Å². The number of rotatable bonds is 4. The number of nitrogens with zero attached hydrogens (tertiary/aromatic N) is 1. The Morgan fingerprint density at radius 2 is 1.06 bits per heavy atom. The molecule has 0 aliphatic heterocycles. The van der Waals surface area contributed by atoms with Crippen LogP contribution in [0.25, 0.3) is 76.9 Å². The fourth-order valence-electron chi connectivity index (χ4n) is 8.02. The monoisotopic (exact) mass is 655 g/mol. The summed E-state index contributed by atoms with van der Waals surface area (Å²) in [5.41, 5.74) is 15.6. The lowest BCUT2D eigenvalue weighted by Crippen LogP contribution is -2.11. The van der Waals surface area contributed by atoms with Gasteiger partial charge in [0.05, 0.1) is 5.69 Å². The van der Waals surface area contributed by atoms with Crippen LogP contribution in [-0.2, 0) is 5.41 Å². The van der Waals surface area contributed by atoms with Crippen LogP contribution in [-0.4, -0.2) is 0 Å². The van der Waals surface area contributed by atoms with E-state index < -0.39 is 0 Å². The number of anilines is 3. The van der Waals surface area contributed by atoms with E-state index in [4.69, 9.17) is 4.42 Å². The van der Waals surface area contributed by atoms with Crippen LogP contribution in [0.1, 0.15) is 31.9 Å². The molecule has 51 heavy (non-hydrogen) atoms. The number of benzene rings is 8. The van der Waals surface area contributed by atoms with E-state index in [9.17, 15) is 0 Å². The normalized spacial score (nSPS) is 12.3. The summed E-state index contributed by atoms with van der Waals surface area (Å²) in [5, 5.41) is 7.27. The maximum absolute atomic E-state index is 6.56. The Morgan fingerprint density at radius 3 is 1.78 bits per heavy atom. The quantitative estimate of drug-likeness (QED) is 0.188. The number of para-hydroxylation sites is 3. The molecule has 0 saturated carbocycles. The second kappa shape index (κ2) is 10.9. The van der Waals surface area contributed by atoms with Gasteiger partial charge >= 0.3 is 0 Å². The highest BCUT2D eigenvalue weighted by Crippen LogP contribution is 2.51. The van der Waals surface area contributed by atoms with Crippen LogP contribution in [0.5, 0.6) is 0 Å². The van der Waals surface area contributed by atoms with E-state index in [0.29, 0.717) is 0 Å². The van der Waals surface area contributed by atoms with Crippen molar-refractivity contribution in [2.75, 3.05) is 4.90 Å².